The summed E-state index contributed by atoms with van der Waals surface area (Å²) < 4.78 is 7.09. The molecule has 0 saturated carbocycles. The van der Waals surface area contributed by atoms with Crippen LogP contribution in [-0.2, 0) is 4.79 Å². The van der Waals surface area contributed by atoms with Gasteiger partial charge in [0.25, 0.3) is 0 Å². The standard InChI is InChI=1S/C10H8Br2O3/c11-7-3-4-9(8(12)6-7)15-5-1-2-10(13)14/h1-4,6H,5H2,(H,13,14). The van der Waals surface area contributed by atoms with Gasteiger partial charge in [-0.2, -0.15) is 0 Å². The van der Waals surface area contributed by atoms with Crippen LogP contribution in [0.3, 0.4) is 0 Å². The van der Waals surface area contributed by atoms with Crippen LogP contribution in [0.4, 0.5) is 0 Å². The number of carboxylic acid groups (broad SMARTS) is 1. The van der Waals surface area contributed by atoms with Crippen LogP contribution in [0.5, 0.6) is 5.75 Å². The van der Waals surface area contributed by atoms with Crippen molar-refractivity contribution in [1.82, 2.24) is 0 Å². The Morgan fingerprint density at radius 3 is 2.80 bits per heavy atom. The van der Waals surface area contributed by atoms with Crippen LogP contribution in [0.15, 0.2) is 39.3 Å². The van der Waals surface area contributed by atoms with Crippen molar-refractivity contribution >= 4 is 37.8 Å². The molecule has 1 aromatic carbocycles. The second-order valence-electron chi connectivity index (χ2n) is 2.63. The third-order valence-electron chi connectivity index (χ3n) is 1.49. The van der Waals surface area contributed by atoms with E-state index in [9.17, 15) is 4.79 Å². The van der Waals surface area contributed by atoms with Gasteiger partial charge in [-0.3, -0.25) is 0 Å². The summed E-state index contributed by atoms with van der Waals surface area (Å²) in [4.78, 5) is 10.2. The van der Waals surface area contributed by atoms with Crippen molar-refractivity contribution in [2.75, 3.05) is 6.61 Å². The lowest BCUT2D eigenvalue weighted by molar-refractivity contribution is -0.131. The highest BCUT2D eigenvalue weighted by molar-refractivity contribution is 9.11. The van der Waals surface area contributed by atoms with Crippen LogP contribution >= 0.6 is 31.9 Å². The van der Waals surface area contributed by atoms with Crippen LogP contribution in [0.1, 0.15) is 0 Å². The third-order valence-corrected chi connectivity index (χ3v) is 2.60. The Balaban J connectivity index is 2.54. The molecule has 0 heterocycles. The molecule has 5 heteroatoms. The number of benzene rings is 1. The average Bonchev–Trinajstić information content (AvgIpc) is 2.14. The summed E-state index contributed by atoms with van der Waals surface area (Å²) in [5, 5.41) is 8.34. The van der Waals surface area contributed by atoms with E-state index in [0.717, 1.165) is 15.0 Å². The number of aliphatic carboxylic acids is 1. The minimum atomic E-state index is -0.978. The monoisotopic (exact) mass is 334 g/mol. The van der Waals surface area contributed by atoms with E-state index in [-0.39, 0.29) is 6.61 Å². The van der Waals surface area contributed by atoms with E-state index in [0.29, 0.717) is 5.75 Å². The Morgan fingerprint density at radius 2 is 2.20 bits per heavy atom. The molecule has 0 spiro atoms. The molecular formula is C10H8Br2O3. The van der Waals surface area contributed by atoms with Crippen molar-refractivity contribution in [1.29, 1.82) is 0 Å². The normalized spacial score (nSPS) is 10.5. The van der Waals surface area contributed by atoms with Crippen molar-refractivity contribution in [3.05, 3.63) is 39.3 Å². The van der Waals surface area contributed by atoms with Crippen LogP contribution in [0, 0.1) is 0 Å². The number of halogens is 2. The van der Waals surface area contributed by atoms with E-state index in [1.165, 1.54) is 6.08 Å². The summed E-state index contributed by atoms with van der Waals surface area (Å²) in [7, 11) is 0. The highest BCUT2D eigenvalue weighted by Gasteiger charge is 2.00. The van der Waals surface area contributed by atoms with E-state index in [1.807, 2.05) is 12.1 Å². The van der Waals surface area contributed by atoms with Gasteiger partial charge >= 0.3 is 5.97 Å². The second-order valence-corrected chi connectivity index (χ2v) is 4.40. The zero-order chi connectivity index (χ0) is 11.3. The van der Waals surface area contributed by atoms with E-state index < -0.39 is 5.97 Å². The van der Waals surface area contributed by atoms with Crippen LogP contribution in [0.2, 0.25) is 0 Å². The van der Waals surface area contributed by atoms with Crippen LogP contribution < -0.4 is 4.74 Å². The van der Waals surface area contributed by atoms with Gasteiger partial charge < -0.3 is 9.84 Å². The molecule has 15 heavy (non-hydrogen) atoms. The number of carbonyl (C=O) groups is 1. The van der Waals surface area contributed by atoms with Gasteiger partial charge in [-0.25, -0.2) is 4.79 Å². The highest BCUT2D eigenvalue weighted by Crippen LogP contribution is 2.28. The number of ether oxygens (including phenoxy) is 1. The molecule has 0 saturated heterocycles. The predicted molar refractivity (Wildman–Crippen MR) is 64.1 cm³/mol. The molecule has 0 bridgehead atoms. The Hall–Kier alpha value is -0.810. The predicted octanol–water partition coefficient (Wildman–Crippen LogP) is 3.23. The Bertz CT molecular complexity index is 388. The van der Waals surface area contributed by atoms with Crippen molar-refractivity contribution in [2.45, 2.75) is 0 Å². The van der Waals surface area contributed by atoms with Gasteiger partial charge in [0.1, 0.15) is 12.4 Å². The van der Waals surface area contributed by atoms with Crippen molar-refractivity contribution in [2.24, 2.45) is 0 Å². The summed E-state index contributed by atoms with van der Waals surface area (Å²) in [6.07, 6.45) is 2.49. The first-order valence-electron chi connectivity index (χ1n) is 4.07. The van der Waals surface area contributed by atoms with Gasteiger partial charge in [0.05, 0.1) is 4.47 Å². The molecule has 0 unspecified atom stereocenters. The first-order chi connectivity index (χ1) is 7.09. The summed E-state index contributed by atoms with van der Waals surface area (Å²) in [6.45, 7) is 0.229. The van der Waals surface area contributed by atoms with Crippen molar-refractivity contribution in [3.63, 3.8) is 0 Å². The minimum absolute atomic E-state index is 0.229. The molecule has 1 N–H and O–H groups in total. The molecule has 0 atom stereocenters. The molecule has 0 fully saturated rings. The lowest BCUT2D eigenvalue weighted by Gasteiger charge is -2.05. The summed E-state index contributed by atoms with van der Waals surface area (Å²) in [5.74, 6) is -0.304. The summed E-state index contributed by atoms with van der Waals surface area (Å²) >= 11 is 6.65. The van der Waals surface area contributed by atoms with Gasteiger partial charge in [-0.1, -0.05) is 15.9 Å². The third kappa shape index (κ3) is 4.48. The zero-order valence-electron chi connectivity index (χ0n) is 7.61. The van der Waals surface area contributed by atoms with Crippen LogP contribution in [0.25, 0.3) is 0 Å². The molecule has 0 amide bonds. The molecule has 0 aliphatic rings. The maximum absolute atomic E-state index is 10.2. The van der Waals surface area contributed by atoms with Gasteiger partial charge in [-0.15, -0.1) is 0 Å². The van der Waals surface area contributed by atoms with Crippen LogP contribution in [-0.4, -0.2) is 17.7 Å². The fourth-order valence-corrected chi connectivity index (χ4v) is 2.04. The number of hydrogen-bond donors (Lipinski definition) is 1. The molecule has 80 valence electrons. The van der Waals surface area contributed by atoms with E-state index in [2.05, 4.69) is 31.9 Å². The number of hydrogen-bond acceptors (Lipinski definition) is 2. The minimum Gasteiger partial charge on any atom is -0.488 e. The van der Waals surface area contributed by atoms with E-state index in [4.69, 9.17) is 9.84 Å². The fraction of sp³-hybridized carbons (Fsp3) is 0.100. The van der Waals surface area contributed by atoms with E-state index >= 15 is 0 Å². The largest absolute Gasteiger partial charge is 0.488 e. The second kappa shape index (κ2) is 5.92. The average molecular weight is 336 g/mol. The molecule has 1 aromatic rings. The molecular weight excluding hydrogens is 328 g/mol. The highest BCUT2D eigenvalue weighted by atomic mass is 79.9. The van der Waals surface area contributed by atoms with E-state index in [1.54, 1.807) is 6.07 Å². The molecule has 0 aromatic heterocycles. The van der Waals surface area contributed by atoms with Crippen molar-refractivity contribution < 1.29 is 14.6 Å². The van der Waals surface area contributed by atoms with Gasteiger partial charge in [0.2, 0.25) is 0 Å². The molecule has 0 aliphatic carbocycles. The molecule has 0 aliphatic heterocycles. The maximum atomic E-state index is 10.2. The summed E-state index contributed by atoms with van der Waals surface area (Å²) in [5.41, 5.74) is 0. The Kier molecular flexibility index (Phi) is 4.84. The SMILES string of the molecule is O=C(O)C=CCOc1ccc(Br)cc1Br. The fourth-order valence-electron chi connectivity index (χ4n) is 0.879. The lowest BCUT2D eigenvalue weighted by Crippen LogP contribution is -1.96. The summed E-state index contributed by atoms with van der Waals surface area (Å²) in [6, 6.07) is 5.50. The first kappa shape index (κ1) is 12.3. The van der Waals surface area contributed by atoms with Gasteiger partial charge in [0, 0.05) is 10.5 Å². The number of carboxylic acids is 1. The first-order valence-corrected chi connectivity index (χ1v) is 5.65. The number of rotatable bonds is 4. The smallest absolute Gasteiger partial charge is 0.328 e. The lowest BCUT2D eigenvalue weighted by atomic mass is 10.3. The molecule has 3 nitrogen and oxygen atoms in total. The quantitative estimate of drug-likeness (QED) is 0.859. The van der Waals surface area contributed by atoms with Gasteiger partial charge in [0.15, 0.2) is 0 Å². The van der Waals surface area contributed by atoms with Crippen molar-refractivity contribution in [3.8, 4) is 5.75 Å². The topological polar surface area (TPSA) is 46.5 Å². The maximum Gasteiger partial charge on any atom is 0.328 e. The zero-order valence-corrected chi connectivity index (χ0v) is 10.8. The Morgan fingerprint density at radius 1 is 1.47 bits per heavy atom. The Labute approximate surface area is 104 Å². The molecule has 1 rings (SSSR count). The molecule has 0 radical (unpaired) electrons. The van der Waals surface area contributed by atoms with Gasteiger partial charge in [-0.05, 0) is 40.2 Å².